The fourth-order valence-corrected chi connectivity index (χ4v) is 5.41. The van der Waals surface area contributed by atoms with Crippen molar-refractivity contribution in [2.24, 2.45) is 5.18 Å². The molecule has 5 rings (SSSR count). The molecule has 0 unspecified atom stereocenters. The molecule has 0 aliphatic heterocycles. The van der Waals surface area contributed by atoms with Crippen LogP contribution in [0.1, 0.15) is 5.56 Å². The molecule has 0 aliphatic carbocycles. The van der Waals surface area contributed by atoms with Gasteiger partial charge in [0.15, 0.2) is 5.69 Å². The van der Waals surface area contributed by atoms with E-state index in [2.05, 4.69) is 9.90 Å². The quantitative estimate of drug-likeness (QED) is 0.252. The number of nitroso groups, excluding NO2 is 1. The highest BCUT2D eigenvalue weighted by Gasteiger charge is 2.21. The van der Waals surface area contributed by atoms with E-state index in [1.807, 2.05) is 24.3 Å². The molecule has 0 atom stereocenters. The summed E-state index contributed by atoms with van der Waals surface area (Å²) < 4.78 is 40.9. The van der Waals surface area contributed by atoms with Crippen molar-refractivity contribution in [2.45, 2.75) is 11.4 Å². The predicted octanol–water partition coefficient (Wildman–Crippen LogP) is 5.76. The number of anilines is 1. The maximum atomic E-state index is 13.1. The summed E-state index contributed by atoms with van der Waals surface area (Å²) in [7, 11) is -0.841. The van der Waals surface area contributed by atoms with Crippen LogP contribution in [0.25, 0.3) is 21.7 Å². The van der Waals surface area contributed by atoms with Gasteiger partial charge < -0.3 is 19.1 Å². The number of nitrogens with zero attached hydrogens (tertiary/aromatic N) is 2. The van der Waals surface area contributed by atoms with Gasteiger partial charge in [-0.1, -0.05) is 30.3 Å². The van der Waals surface area contributed by atoms with Crippen molar-refractivity contribution in [1.29, 1.82) is 0 Å². The highest BCUT2D eigenvalue weighted by atomic mass is 32.2. The normalized spacial score (nSPS) is 11.5. The Kier molecular flexibility index (Phi) is 6.18. The molecule has 0 spiro atoms. The number of nitrogens with one attached hydrogen (secondary N) is 1. The Bertz CT molecular complexity index is 1740. The van der Waals surface area contributed by atoms with E-state index in [0.29, 0.717) is 22.4 Å². The summed E-state index contributed by atoms with van der Waals surface area (Å²) in [6.45, 7) is 0.188. The first-order valence-corrected chi connectivity index (χ1v) is 12.7. The first kappa shape index (κ1) is 24.1. The van der Waals surface area contributed by atoms with E-state index in [-0.39, 0.29) is 28.7 Å². The fraction of sp³-hybridized carbons (Fsp3) is 0.111. The van der Waals surface area contributed by atoms with Crippen LogP contribution in [0.15, 0.2) is 88.9 Å². The van der Waals surface area contributed by atoms with Gasteiger partial charge in [-0.05, 0) is 64.0 Å². The fourth-order valence-electron chi connectivity index (χ4n) is 4.33. The number of aromatic hydroxyl groups is 1. The van der Waals surface area contributed by atoms with Crippen LogP contribution in [0.3, 0.4) is 0 Å². The van der Waals surface area contributed by atoms with Crippen molar-refractivity contribution >= 4 is 43.1 Å². The first-order chi connectivity index (χ1) is 17.8. The molecule has 188 valence electrons. The van der Waals surface area contributed by atoms with Gasteiger partial charge in [0.2, 0.25) is 5.88 Å². The number of sulfonamides is 1. The minimum Gasteiger partial charge on any atom is -0.497 e. The zero-order valence-corrected chi connectivity index (χ0v) is 20.8. The molecule has 4 aromatic carbocycles. The zero-order valence-electron chi connectivity index (χ0n) is 20.0. The number of hydrogen-bond donors (Lipinski definition) is 2. The van der Waals surface area contributed by atoms with Gasteiger partial charge in [0.1, 0.15) is 11.5 Å². The molecule has 0 bridgehead atoms. The number of hydrogen-bond acceptors (Lipinski definition) is 7. The van der Waals surface area contributed by atoms with Crippen molar-refractivity contribution in [3.8, 4) is 17.4 Å². The Balaban J connectivity index is 1.52. The minimum absolute atomic E-state index is 0.104. The molecule has 1 heterocycles. The summed E-state index contributed by atoms with van der Waals surface area (Å²) in [6.07, 6.45) is 0. The van der Waals surface area contributed by atoms with E-state index in [9.17, 15) is 18.4 Å². The zero-order chi connectivity index (χ0) is 26.2. The number of methoxy groups -OCH3 is 2. The Labute approximate surface area is 212 Å². The molecular weight excluding hydrogens is 494 g/mol. The highest BCUT2D eigenvalue weighted by molar-refractivity contribution is 7.92. The molecule has 5 aromatic rings. The third kappa shape index (κ3) is 4.54. The minimum atomic E-state index is -3.92. The average Bonchev–Trinajstić information content (AvgIpc) is 3.17. The first-order valence-electron chi connectivity index (χ1n) is 11.2. The van der Waals surface area contributed by atoms with Crippen molar-refractivity contribution in [2.75, 3.05) is 18.9 Å². The Morgan fingerprint density at radius 3 is 2.27 bits per heavy atom. The van der Waals surface area contributed by atoms with Gasteiger partial charge in [-0.3, -0.25) is 4.72 Å². The second-order valence-electron chi connectivity index (χ2n) is 8.42. The number of aromatic nitrogens is 1. The monoisotopic (exact) mass is 517 g/mol. The van der Waals surface area contributed by atoms with Crippen molar-refractivity contribution in [3.63, 3.8) is 0 Å². The number of benzene rings is 4. The van der Waals surface area contributed by atoms with Crippen LogP contribution in [-0.2, 0) is 16.6 Å². The number of fused-ring (bicyclic) bond motifs is 2. The molecule has 9 nitrogen and oxygen atoms in total. The predicted molar refractivity (Wildman–Crippen MR) is 142 cm³/mol. The standard InChI is InChI=1S/C27H23N3O6S/c1-35-21-11-17(12-22(15-21)36-2)16-30-25-10-8-20(14-24(25)26(28-32)27(30)31)29-37(33,34)23-9-7-18-5-3-4-6-19(18)13-23/h3-15,29,31H,16H2,1-2H3. The van der Waals surface area contributed by atoms with E-state index >= 15 is 0 Å². The SMILES string of the molecule is COc1cc(Cn2c(O)c(N=O)c3cc(NS(=O)(=O)c4ccc5ccccc5c4)ccc32)cc(OC)c1. The van der Waals surface area contributed by atoms with E-state index in [4.69, 9.17) is 9.47 Å². The molecule has 1 aromatic heterocycles. The highest BCUT2D eigenvalue weighted by Crippen LogP contribution is 2.40. The Morgan fingerprint density at radius 2 is 1.59 bits per heavy atom. The Morgan fingerprint density at radius 1 is 0.892 bits per heavy atom. The lowest BCUT2D eigenvalue weighted by Crippen LogP contribution is -2.12. The second-order valence-corrected chi connectivity index (χ2v) is 10.1. The summed E-state index contributed by atoms with van der Waals surface area (Å²) >= 11 is 0. The van der Waals surface area contributed by atoms with Gasteiger partial charge >= 0.3 is 0 Å². The second kappa shape index (κ2) is 9.47. The van der Waals surface area contributed by atoms with Crippen LogP contribution in [0.2, 0.25) is 0 Å². The smallest absolute Gasteiger partial charge is 0.261 e. The topological polar surface area (TPSA) is 119 Å². The van der Waals surface area contributed by atoms with E-state index < -0.39 is 10.0 Å². The molecule has 37 heavy (non-hydrogen) atoms. The van der Waals surface area contributed by atoms with E-state index in [1.54, 1.807) is 42.5 Å². The lowest BCUT2D eigenvalue weighted by atomic mass is 10.1. The molecule has 0 fully saturated rings. The van der Waals surface area contributed by atoms with E-state index in [1.165, 1.54) is 30.9 Å². The van der Waals surface area contributed by atoms with Gasteiger partial charge in [0.05, 0.1) is 31.2 Å². The third-order valence-electron chi connectivity index (χ3n) is 6.14. The summed E-state index contributed by atoms with van der Waals surface area (Å²) in [4.78, 5) is 11.8. The molecule has 0 saturated carbocycles. The van der Waals surface area contributed by atoms with Crippen LogP contribution in [0.4, 0.5) is 11.4 Å². The summed E-state index contributed by atoms with van der Waals surface area (Å²) in [5.41, 5.74) is 1.30. The van der Waals surface area contributed by atoms with Crippen LogP contribution in [0, 0.1) is 4.91 Å². The van der Waals surface area contributed by atoms with Crippen molar-refractivity contribution in [1.82, 2.24) is 4.57 Å². The summed E-state index contributed by atoms with van der Waals surface area (Å²) in [5, 5.41) is 15.8. The molecule has 2 N–H and O–H groups in total. The molecule has 0 radical (unpaired) electrons. The van der Waals surface area contributed by atoms with Gasteiger partial charge in [-0.2, -0.15) is 0 Å². The van der Waals surface area contributed by atoms with Gasteiger partial charge in [-0.25, -0.2) is 8.42 Å². The third-order valence-corrected chi connectivity index (χ3v) is 7.52. The lowest BCUT2D eigenvalue weighted by Gasteiger charge is -2.12. The number of rotatable bonds is 8. The maximum absolute atomic E-state index is 13.1. The van der Waals surface area contributed by atoms with Crippen LogP contribution in [-0.4, -0.2) is 32.3 Å². The van der Waals surface area contributed by atoms with Crippen LogP contribution in [0.5, 0.6) is 17.4 Å². The van der Waals surface area contributed by atoms with E-state index in [0.717, 1.165) is 16.3 Å². The number of ether oxygens (including phenoxy) is 2. The largest absolute Gasteiger partial charge is 0.497 e. The molecule has 0 aliphatic rings. The van der Waals surface area contributed by atoms with Gasteiger partial charge in [0.25, 0.3) is 10.0 Å². The summed E-state index contributed by atoms with van der Waals surface area (Å²) in [6, 6.07) is 22.3. The average molecular weight is 518 g/mol. The molecule has 10 heteroatoms. The van der Waals surface area contributed by atoms with Gasteiger partial charge in [0, 0.05) is 17.1 Å². The van der Waals surface area contributed by atoms with Gasteiger partial charge in [-0.15, -0.1) is 4.91 Å². The van der Waals surface area contributed by atoms with Crippen molar-refractivity contribution in [3.05, 3.63) is 89.3 Å². The Hall–Kier alpha value is -4.57. The summed E-state index contributed by atoms with van der Waals surface area (Å²) in [5.74, 6) is 0.815. The maximum Gasteiger partial charge on any atom is 0.261 e. The molecule has 0 saturated heterocycles. The molecular formula is C27H23N3O6S. The molecule has 0 amide bonds. The van der Waals surface area contributed by atoms with Crippen LogP contribution < -0.4 is 14.2 Å². The van der Waals surface area contributed by atoms with Crippen LogP contribution >= 0.6 is 0 Å². The van der Waals surface area contributed by atoms with Crippen molar-refractivity contribution < 1.29 is 23.0 Å². The lowest BCUT2D eigenvalue weighted by molar-refractivity contribution is 0.392.